The van der Waals surface area contributed by atoms with Crippen LogP contribution in [0.15, 0.2) is 24.3 Å². The van der Waals surface area contributed by atoms with Gasteiger partial charge in [0.1, 0.15) is 5.88 Å². The van der Waals surface area contributed by atoms with Crippen molar-refractivity contribution in [2.75, 3.05) is 11.2 Å². The Hall–Kier alpha value is 0.220. The third-order valence-corrected chi connectivity index (χ3v) is 2.03. The fraction of sp³-hybridized carbons (Fsp3) is 0.143. The minimum Gasteiger partial charge on any atom is -1.00 e. The molecular formula is C7H9ClNNaO3S. The summed E-state index contributed by atoms with van der Waals surface area (Å²) < 4.78 is 29.1. The van der Waals surface area contributed by atoms with Crippen molar-refractivity contribution < 1.29 is 44.0 Å². The number of rotatable bonds is 3. The molecule has 0 aromatic heterocycles. The van der Waals surface area contributed by atoms with Gasteiger partial charge in [0.05, 0.1) is 0 Å². The minimum absolute atomic E-state index is 0. The molecule has 0 saturated heterocycles. The molecule has 0 unspecified atom stereocenters. The van der Waals surface area contributed by atoms with Crippen molar-refractivity contribution in [3.05, 3.63) is 29.3 Å². The van der Waals surface area contributed by atoms with Crippen LogP contribution in [-0.2, 0) is 10.1 Å². The van der Waals surface area contributed by atoms with Crippen molar-refractivity contribution in [3.8, 4) is 0 Å². The molecule has 0 radical (unpaired) electrons. The zero-order valence-corrected chi connectivity index (χ0v) is 11.1. The third kappa shape index (κ3) is 5.85. The summed E-state index contributed by atoms with van der Waals surface area (Å²) in [7, 11) is -3.99. The van der Waals surface area contributed by atoms with E-state index in [2.05, 4.69) is 5.32 Å². The van der Waals surface area contributed by atoms with E-state index in [0.29, 0.717) is 10.7 Å². The first-order chi connectivity index (χ1) is 5.97. The quantitative estimate of drug-likeness (QED) is 0.514. The van der Waals surface area contributed by atoms with Gasteiger partial charge in [0, 0.05) is 10.7 Å². The van der Waals surface area contributed by atoms with Gasteiger partial charge in [0.15, 0.2) is 0 Å². The van der Waals surface area contributed by atoms with Gasteiger partial charge in [-0.25, -0.2) is 0 Å². The van der Waals surface area contributed by atoms with Crippen molar-refractivity contribution in [1.29, 1.82) is 0 Å². The number of hydrogen-bond donors (Lipinski definition) is 2. The predicted molar refractivity (Wildman–Crippen MR) is 52.6 cm³/mol. The van der Waals surface area contributed by atoms with Gasteiger partial charge in [-0.05, 0) is 18.2 Å². The van der Waals surface area contributed by atoms with Gasteiger partial charge in [-0.2, -0.15) is 8.42 Å². The Labute approximate surface area is 111 Å². The van der Waals surface area contributed by atoms with Crippen LogP contribution in [0.1, 0.15) is 1.43 Å². The molecule has 0 amide bonds. The standard InChI is InChI=1S/C7H8ClNO3S.Na.H/c8-6-2-1-3-7(4-6)9-5-13(10,11)12;;/h1-4,9H,5H2,(H,10,11,12);;/q;+1;-1. The number of halogens is 1. The van der Waals surface area contributed by atoms with E-state index in [1.165, 1.54) is 0 Å². The van der Waals surface area contributed by atoms with Gasteiger partial charge in [-0.1, -0.05) is 17.7 Å². The van der Waals surface area contributed by atoms with Crippen LogP contribution in [0, 0.1) is 0 Å². The molecule has 0 heterocycles. The molecule has 0 fully saturated rings. The molecule has 0 saturated carbocycles. The zero-order chi connectivity index (χ0) is 9.90. The minimum atomic E-state index is -3.99. The molecule has 0 spiro atoms. The number of benzene rings is 1. The summed E-state index contributed by atoms with van der Waals surface area (Å²) in [5.74, 6) is -0.520. The van der Waals surface area contributed by atoms with E-state index in [9.17, 15) is 8.42 Å². The monoisotopic (exact) mass is 245 g/mol. The van der Waals surface area contributed by atoms with Gasteiger partial charge in [0.2, 0.25) is 0 Å². The second-order valence-electron chi connectivity index (χ2n) is 2.41. The summed E-state index contributed by atoms with van der Waals surface area (Å²) in [6, 6.07) is 6.55. The van der Waals surface area contributed by atoms with Crippen molar-refractivity contribution in [1.82, 2.24) is 0 Å². The van der Waals surface area contributed by atoms with Crippen molar-refractivity contribution in [3.63, 3.8) is 0 Å². The normalized spacial score (nSPS) is 10.4. The Bertz CT molecular complexity index is 401. The molecule has 4 nitrogen and oxygen atoms in total. The Morgan fingerprint density at radius 3 is 2.64 bits per heavy atom. The molecule has 1 aromatic carbocycles. The summed E-state index contributed by atoms with van der Waals surface area (Å²) in [6.07, 6.45) is 0. The molecule has 2 N–H and O–H groups in total. The molecule has 1 aromatic rings. The molecule has 14 heavy (non-hydrogen) atoms. The second kappa shape index (κ2) is 5.95. The molecule has 1 rings (SSSR count). The van der Waals surface area contributed by atoms with E-state index in [1.54, 1.807) is 24.3 Å². The van der Waals surface area contributed by atoms with E-state index in [-0.39, 0.29) is 31.0 Å². The average Bonchev–Trinajstić information content (AvgIpc) is 2.00. The number of nitrogens with one attached hydrogen (secondary N) is 1. The van der Waals surface area contributed by atoms with Crippen LogP contribution in [0.3, 0.4) is 0 Å². The Morgan fingerprint density at radius 2 is 2.14 bits per heavy atom. The maximum Gasteiger partial charge on any atom is 1.00 e. The van der Waals surface area contributed by atoms with Crippen LogP contribution in [0.2, 0.25) is 5.02 Å². The SMILES string of the molecule is O=S(=O)(O)CNc1cccc(Cl)c1.[H-].[Na+]. The van der Waals surface area contributed by atoms with Crippen molar-refractivity contribution in [2.24, 2.45) is 0 Å². The van der Waals surface area contributed by atoms with E-state index in [1.807, 2.05) is 0 Å². The zero-order valence-electron chi connectivity index (χ0n) is 8.57. The van der Waals surface area contributed by atoms with E-state index in [0.717, 1.165) is 0 Å². The van der Waals surface area contributed by atoms with E-state index >= 15 is 0 Å². The maximum absolute atomic E-state index is 10.3. The van der Waals surface area contributed by atoms with Crippen LogP contribution < -0.4 is 34.9 Å². The Morgan fingerprint density at radius 1 is 1.50 bits per heavy atom. The summed E-state index contributed by atoms with van der Waals surface area (Å²) in [4.78, 5) is 0. The third-order valence-electron chi connectivity index (χ3n) is 1.28. The molecule has 0 aliphatic carbocycles. The second-order valence-corrected chi connectivity index (χ2v) is 4.30. The number of anilines is 1. The summed E-state index contributed by atoms with van der Waals surface area (Å²) in [5, 5.41) is 3.00. The maximum atomic E-state index is 10.3. The molecule has 0 aliphatic rings. The molecule has 0 aliphatic heterocycles. The molecular weight excluding hydrogens is 237 g/mol. The van der Waals surface area contributed by atoms with Gasteiger partial charge >= 0.3 is 29.6 Å². The predicted octanol–water partition coefficient (Wildman–Crippen LogP) is -1.29. The van der Waals surface area contributed by atoms with Crippen LogP contribution in [0.4, 0.5) is 5.69 Å². The Kier molecular flexibility index (Phi) is 6.04. The molecule has 74 valence electrons. The Balaban J connectivity index is 0. The summed E-state index contributed by atoms with van der Waals surface area (Å²) in [6.45, 7) is 0. The van der Waals surface area contributed by atoms with Crippen LogP contribution in [0.25, 0.3) is 0 Å². The van der Waals surface area contributed by atoms with Gasteiger partial charge in [0.25, 0.3) is 10.1 Å². The molecule has 0 atom stereocenters. The molecule has 7 heteroatoms. The fourth-order valence-corrected chi connectivity index (χ4v) is 1.31. The number of hydrogen-bond acceptors (Lipinski definition) is 3. The first-order valence-corrected chi connectivity index (χ1v) is 5.41. The van der Waals surface area contributed by atoms with Gasteiger partial charge in [-0.3, -0.25) is 4.55 Å². The first kappa shape index (κ1) is 14.2. The van der Waals surface area contributed by atoms with Crippen LogP contribution in [0.5, 0.6) is 0 Å². The van der Waals surface area contributed by atoms with Gasteiger partial charge < -0.3 is 6.74 Å². The van der Waals surface area contributed by atoms with E-state index < -0.39 is 16.0 Å². The fourth-order valence-electron chi connectivity index (χ4n) is 0.773. The topological polar surface area (TPSA) is 66.4 Å². The van der Waals surface area contributed by atoms with E-state index in [4.69, 9.17) is 16.2 Å². The average molecular weight is 246 g/mol. The summed E-state index contributed by atoms with van der Waals surface area (Å²) >= 11 is 5.64. The van der Waals surface area contributed by atoms with Crippen LogP contribution in [-0.4, -0.2) is 18.8 Å². The molecule has 0 bridgehead atoms. The summed E-state index contributed by atoms with van der Waals surface area (Å²) in [5.41, 5.74) is 0.546. The van der Waals surface area contributed by atoms with Crippen LogP contribution >= 0.6 is 11.6 Å². The largest absolute Gasteiger partial charge is 1.00 e. The first-order valence-electron chi connectivity index (χ1n) is 3.42. The van der Waals surface area contributed by atoms with Crippen molar-refractivity contribution in [2.45, 2.75) is 0 Å². The van der Waals surface area contributed by atoms with Gasteiger partial charge in [-0.15, -0.1) is 0 Å². The van der Waals surface area contributed by atoms with Crippen molar-refractivity contribution >= 4 is 27.4 Å². The smallest absolute Gasteiger partial charge is 1.00 e.